The highest BCUT2D eigenvalue weighted by Crippen LogP contribution is 2.21. The Balaban J connectivity index is 1.88. The molecular weight excluding hydrogens is 354 g/mol. The summed E-state index contributed by atoms with van der Waals surface area (Å²) in [5.41, 5.74) is 2.53. The molecule has 6 nitrogen and oxygen atoms in total. The number of nitrogens with zero attached hydrogens (tertiary/aromatic N) is 2. The van der Waals surface area contributed by atoms with Crippen molar-refractivity contribution < 1.29 is 14.4 Å². The second-order valence-electron chi connectivity index (χ2n) is 6.57. The Morgan fingerprint density at radius 1 is 1.00 bits per heavy atom. The molecule has 6 heteroatoms. The molecule has 1 atom stereocenters. The van der Waals surface area contributed by atoms with Crippen LogP contribution in [0.1, 0.15) is 22.8 Å². The Morgan fingerprint density at radius 2 is 1.61 bits per heavy atom. The quantitative estimate of drug-likeness (QED) is 0.644. The molecule has 0 saturated heterocycles. The zero-order valence-electron chi connectivity index (χ0n) is 15.8. The first-order chi connectivity index (χ1) is 13.5. The molecule has 28 heavy (non-hydrogen) atoms. The van der Waals surface area contributed by atoms with E-state index in [0.717, 1.165) is 11.1 Å². The third kappa shape index (κ3) is 4.40. The summed E-state index contributed by atoms with van der Waals surface area (Å²) < 4.78 is 1.55. The van der Waals surface area contributed by atoms with Gasteiger partial charge < -0.3 is 5.32 Å². The fourth-order valence-electron chi connectivity index (χ4n) is 3.00. The van der Waals surface area contributed by atoms with Gasteiger partial charge >= 0.3 is 0 Å². The average molecular weight is 375 g/mol. The number of rotatable bonds is 7. The van der Waals surface area contributed by atoms with Gasteiger partial charge in [-0.05, 0) is 5.56 Å². The molecule has 0 aliphatic carbocycles. The largest absolute Gasteiger partial charge is 0.341 e. The molecule has 0 aliphatic rings. The van der Waals surface area contributed by atoms with E-state index in [2.05, 4.69) is 10.4 Å². The molecule has 0 saturated carbocycles. The van der Waals surface area contributed by atoms with Crippen molar-refractivity contribution in [2.24, 2.45) is 7.05 Å². The van der Waals surface area contributed by atoms with Crippen molar-refractivity contribution in [3.05, 3.63) is 78.0 Å². The number of hydrogen-bond donors (Lipinski definition) is 1. The van der Waals surface area contributed by atoms with Crippen LogP contribution in [-0.2, 0) is 23.1 Å². The minimum Gasteiger partial charge on any atom is -0.341 e. The highest BCUT2D eigenvalue weighted by Gasteiger charge is 2.27. The SMILES string of the molecule is CC(=O)C(=O)[C@H](Cc1ccccc1)NC(=O)c1cn(C)nc1-c1ccccc1. The third-order valence-corrected chi connectivity index (χ3v) is 4.37. The lowest BCUT2D eigenvalue weighted by atomic mass is 9.99. The number of nitrogens with one attached hydrogen (secondary N) is 1. The third-order valence-electron chi connectivity index (χ3n) is 4.37. The van der Waals surface area contributed by atoms with Crippen molar-refractivity contribution in [2.45, 2.75) is 19.4 Å². The Labute approximate surface area is 163 Å². The van der Waals surface area contributed by atoms with Crippen LogP contribution in [0.15, 0.2) is 66.9 Å². The maximum absolute atomic E-state index is 13.0. The van der Waals surface area contributed by atoms with Crippen LogP contribution in [0.4, 0.5) is 0 Å². The van der Waals surface area contributed by atoms with Crippen LogP contribution < -0.4 is 5.32 Å². The molecule has 0 aliphatic heterocycles. The lowest BCUT2D eigenvalue weighted by Gasteiger charge is -2.16. The van der Waals surface area contributed by atoms with E-state index in [1.165, 1.54) is 6.92 Å². The lowest BCUT2D eigenvalue weighted by molar-refractivity contribution is -0.136. The van der Waals surface area contributed by atoms with E-state index in [1.807, 2.05) is 60.7 Å². The standard InChI is InChI=1S/C22H21N3O3/c1-15(26)21(27)19(13-16-9-5-3-6-10-16)23-22(28)18-14-25(2)24-20(18)17-11-7-4-8-12-17/h3-12,14,19H,13H2,1-2H3,(H,23,28)/t19-/m0/s1. The highest BCUT2D eigenvalue weighted by atomic mass is 16.2. The molecule has 0 bridgehead atoms. The van der Waals surface area contributed by atoms with Crippen LogP contribution in [0.2, 0.25) is 0 Å². The topological polar surface area (TPSA) is 81.1 Å². The van der Waals surface area contributed by atoms with E-state index in [0.29, 0.717) is 11.3 Å². The summed E-state index contributed by atoms with van der Waals surface area (Å²) in [7, 11) is 1.73. The van der Waals surface area contributed by atoms with Crippen LogP contribution in [0.25, 0.3) is 11.3 Å². The van der Waals surface area contributed by atoms with Gasteiger partial charge in [0, 0.05) is 32.2 Å². The van der Waals surface area contributed by atoms with Crippen molar-refractivity contribution in [1.29, 1.82) is 0 Å². The number of benzene rings is 2. The summed E-state index contributed by atoms with van der Waals surface area (Å²) in [6.07, 6.45) is 1.85. The summed E-state index contributed by atoms with van der Waals surface area (Å²) in [5.74, 6) is -1.65. The van der Waals surface area contributed by atoms with Crippen LogP contribution >= 0.6 is 0 Å². The molecule has 2 aromatic carbocycles. The number of aryl methyl sites for hydroxylation is 1. The molecule has 1 N–H and O–H groups in total. The molecule has 0 unspecified atom stereocenters. The van der Waals surface area contributed by atoms with Gasteiger partial charge in [0.15, 0.2) is 5.78 Å². The molecule has 1 heterocycles. The van der Waals surface area contributed by atoms with Crippen LogP contribution in [-0.4, -0.2) is 33.3 Å². The molecule has 3 aromatic rings. The molecular formula is C22H21N3O3. The van der Waals surface area contributed by atoms with Crippen molar-refractivity contribution in [1.82, 2.24) is 15.1 Å². The van der Waals surface area contributed by atoms with Crippen molar-refractivity contribution in [2.75, 3.05) is 0 Å². The smallest absolute Gasteiger partial charge is 0.255 e. The number of amides is 1. The molecule has 1 aromatic heterocycles. The van der Waals surface area contributed by atoms with Gasteiger partial charge in [0.1, 0.15) is 5.69 Å². The minimum atomic E-state index is -0.934. The monoisotopic (exact) mass is 375 g/mol. The second-order valence-corrected chi connectivity index (χ2v) is 6.57. The van der Waals surface area contributed by atoms with Gasteiger partial charge in [-0.2, -0.15) is 5.10 Å². The minimum absolute atomic E-state index is 0.242. The first-order valence-corrected chi connectivity index (χ1v) is 8.94. The maximum Gasteiger partial charge on any atom is 0.255 e. The molecule has 142 valence electrons. The van der Waals surface area contributed by atoms with Crippen LogP contribution in [0.3, 0.4) is 0 Å². The van der Waals surface area contributed by atoms with E-state index in [4.69, 9.17) is 0 Å². The predicted molar refractivity (Wildman–Crippen MR) is 106 cm³/mol. The number of ketones is 2. The number of aromatic nitrogens is 2. The summed E-state index contributed by atoms with van der Waals surface area (Å²) in [5, 5.41) is 7.10. The second kappa shape index (κ2) is 8.43. The van der Waals surface area contributed by atoms with Gasteiger partial charge in [-0.1, -0.05) is 60.7 Å². The predicted octanol–water partition coefficient (Wildman–Crippen LogP) is 2.59. The van der Waals surface area contributed by atoms with Crippen molar-refractivity contribution in [3.63, 3.8) is 0 Å². The number of carbonyl (C=O) groups excluding carboxylic acids is 3. The molecule has 0 fully saturated rings. The Kier molecular flexibility index (Phi) is 5.79. The molecule has 0 radical (unpaired) electrons. The van der Waals surface area contributed by atoms with E-state index in [9.17, 15) is 14.4 Å². The highest BCUT2D eigenvalue weighted by molar-refractivity contribution is 6.38. The van der Waals surface area contributed by atoms with Gasteiger partial charge in [-0.3, -0.25) is 19.1 Å². The van der Waals surface area contributed by atoms with Crippen molar-refractivity contribution >= 4 is 17.5 Å². The van der Waals surface area contributed by atoms with E-state index >= 15 is 0 Å². The summed E-state index contributed by atoms with van der Waals surface area (Å²) >= 11 is 0. The van der Waals surface area contributed by atoms with E-state index < -0.39 is 23.5 Å². The molecule has 0 spiro atoms. The fraction of sp³-hybridized carbons (Fsp3) is 0.182. The first kappa shape index (κ1) is 19.2. The Morgan fingerprint density at radius 3 is 2.21 bits per heavy atom. The fourth-order valence-corrected chi connectivity index (χ4v) is 3.00. The zero-order chi connectivity index (χ0) is 20.1. The van der Waals surface area contributed by atoms with Gasteiger partial charge in [0.2, 0.25) is 5.78 Å². The van der Waals surface area contributed by atoms with E-state index in [1.54, 1.807) is 17.9 Å². The van der Waals surface area contributed by atoms with Crippen molar-refractivity contribution in [3.8, 4) is 11.3 Å². The number of carbonyl (C=O) groups is 3. The lowest BCUT2D eigenvalue weighted by Crippen LogP contribution is -2.44. The van der Waals surface area contributed by atoms with Gasteiger partial charge in [-0.25, -0.2) is 0 Å². The van der Waals surface area contributed by atoms with Crippen LogP contribution in [0.5, 0.6) is 0 Å². The normalized spacial score (nSPS) is 11.6. The molecule has 3 rings (SSSR count). The summed E-state index contributed by atoms with van der Waals surface area (Å²) in [4.78, 5) is 37.0. The first-order valence-electron chi connectivity index (χ1n) is 8.94. The summed E-state index contributed by atoms with van der Waals surface area (Å²) in [6.45, 7) is 1.21. The van der Waals surface area contributed by atoms with Gasteiger partial charge in [-0.15, -0.1) is 0 Å². The zero-order valence-corrected chi connectivity index (χ0v) is 15.8. The Bertz CT molecular complexity index is 994. The summed E-state index contributed by atoms with van der Waals surface area (Å²) in [6, 6.07) is 17.7. The average Bonchev–Trinajstić information content (AvgIpc) is 3.10. The van der Waals surface area contributed by atoms with Gasteiger partial charge in [0.25, 0.3) is 5.91 Å². The maximum atomic E-state index is 13.0. The van der Waals surface area contributed by atoms with Gasteiger partial charge in [0.05, 0.1) is 11.6 Å². The number of hydrogen-bond acceptors (Lipinski definition) is 4. The molecule has 1 amide bonds. The number of Topliss-reactive ketones (excluding diaryl/α,β-unsaturated/α-hetero) is 2. The van der Waals surface area contributed by atoms with E-state index in [-0.39, 0.29) is 6.42 Å². The Hall–Kier alpha value is -3.54. The van der Waals surface area contributed by atoms with Crippen LogP contribution in [0, 0.1) is 0 Å².